The Morgan fingerprint density at radius 3 is 2.68 bits per heavy atom. The molecular weight excluding hydrogens is 280 g/mol. The van der Waals surface area contributed by atoms with Crippen LogP contribution in [0.3, 0.4) is 0 Å². The third-order valence-electron chi connectivity index (χ3n) is 3.75. The predicted molar refractivity (Wildman–Crippen MR) is 87.0 cm³/mol. The van der Waals surface area contributed by atoms with Crippen LogP contribution in [0.2, 0.25) is 0 Å². The van der Waals surface area contributed by atoms with Crippen molar-refractivity contribution in [3.63, 3.8) is 0 Å². The molecule has 0 saturated heterocycles. The van der Waals surface area contributed by atoms with Crippen LogP contribution in [0.4, 0.5) is 0 Å². The summed E-state index contributed by atoms with van der Waals surface area (Å²) in [5.41, 5.74) is 8.72. The second-order valence-corrected chi connectivity index (χ2v) is 5.13. The number of ether oxygens (including phenoxy) is 1. The molecule has 2 aromatic rings. The third kappa shape index (κ3) is 3.05. The fraction of sp³-hybridized carbons (Fsp3) is 0.353. The Morgan fingerprint density at radius 1 is 1.32 bits per heavy atom. The number of aliphatic hydroxyl groups excluding tert-OH is 1. The number of nitrogens with zero attached hydrogens (tertiary/aromatic N) is 1. The fourth-order valence-corrected chi connectivity index (χ4v) is 2.59. The highest BCUT2D eigenvalue weighted by molar-refractivity contribution is 5.68. The molecule has 0 aliphatic rings. The average Bonchev–Trinajstić information content (AvgIpc) is 2.54. The zero-order valence-electron chi connectivity index (χ0n) is 13.0. The number of aryl methyl sites for hydroxylation is 1. The van der Waals surface area contributed by atoms with Gasteiger partial charge in [0.1, 0.15) is 5.75 Å². The minimum absolute atomic E-state index is 0.0314. The highest BCUT2D eigenvalue weighted by Crippen LogP contribution is 2.30. The molecule has 0 spiro atoms. The molecule has 0 radical (unpaired) electrons. The van der Waals surface area contributed by atoms with Crippen LogP contribution in [0.5, 0.6) is 5.75 Å². The van der Waals surface area contributed by atoms with Crippen LogP contribution in [-0.2, 0) is 13.1 Å². The summed E-state index contributed by atoms with van der Waals surface area (Å²) in [7, 11) is 1.61. The monoisotopic (exact) mass is 302 g/mol. The Hall–Kier alpha value is -2.11. The smallest absolute Gasteiger partial charge is 0.255 e. The van der Waals surface area contributed by atoms with Crippen molar-refractivity contribution in [2.75, 3.05) is 13.7 Å². The first-order valence-electron chi connectivity index (χ1n) is 7.31. The number of aliphatic hydroxyl groups is 1. The van der Waals surface area contributed by atoms with Crippen LogP contribution in [0.25, 0.3) is 11.3 Å². The minimum Gasteiger partial charge on any atom is -0.496 e. The lowest BCUT2D eigenvalue weighted by Gasteiger charge is -2.18. The van der Waals surface area contributed by atoms with E-state index < -0.39 is 0 Å². The lowest BCUT2D eigenvalue weighted by molar-refractivity contribution is 0.279. The van der Waals surface area contributed by atoms with Crippen LogP contribution >= 0.6 is 0 Å². The van der Waals surface area contributed by atoms with E-state index in [-0.39, 0.29) is 18.7 Å². The predicted octanol–water partition coefficient (Wildman–Crippen LogP) is 1.67. The molecule has 0 aliphatic carbocycles. The van der Waals surface area contributed by atoms with Crippen molar-refractivity contribution in [2.45, 2.75) is 26.4 Å². The van der Waals surface area contributed by atoms with E-state index in [4.69, 9.17) is 15.6 Å². The molecule has 118 valence electrons. The first-order valence-corrected chi connectivity index (χ1v) is 7.31. The van der Waals surface area contributed by atoms with Crippen LogP contribution in [0.1, 0.15) is 17.5 Å². The first kappa shape index (κ1) is 16.3. The zero-order chi connectivity index (χ0) is 16.1. The summed E-state index contributed by atoms with van der Waals surface area (Å²) in [4.78, 5) is 12.7. The second kappa shape index (κ2) is 7.24. The zero-order valence-corrected chi connectivity index (χ0v) is 13.0. The molecular formula is C17H22N2O3. The Morgan fingerprint density at radius 2 is 2.05 bits per heavy atom. The van der Waals surface area contributed by atoms with Gasteiger partial charge in [-0.3, -0.25) is 4.79 Å². The normalized spacial score (nSPS) is 10.7. The summed E-state index contributed by atoms with van der Waals surface area (Å²) in [5.74, 6) is 0.708. The molecule has 0 unspecified atom stereocenters. The summed E-state index contributed by atoms with van der Waals surface area (Å²) in [5, 5.41) is 9.10. The van der Waals surface area contributed by atoms with E-state index >= 15 is 0 Å². The summed E-state index contributed by atoms with van der Waals surface area (Å²) < 4.78 is 7.08. The number of pyridine rings is 1. The summed E-state index contributed by atoms with van der Waals surface area (Å²) in [6.07, 6.45) is 0.509. The molecule has 0 amide bonds. The lowest BCUT2D eigenvalue weighted by atomic mass is 10.0. The molecule has 1 aromatic carbocycles. The maximum atomic E-state index is 12.7. The number of benzene rings is 1. The highest BCUT2D eigenvalue weighted by Gasteiger charge is 2.15. The highest BCUT2D eigenvalue weighted by atomic mass is 16.5. The molecule has 3 N–H and O–H groups in total. The number of para-hydroxylation sites is 1. The van der Waals surface area contributed by atoms with Gasteiger partial charge in [0.15, 0.2) is 0 Å². The SMILES string of the molecule is COc1ccccc1-c1cc(C)c(CN)c(=O)n1CCCO. The molecule has 0 fully saturated rings. The van der Waals surface area contributed by atoms with Gasteiger partial charge in [0.2, 0.25) is 0 Å². The molecule has 5 heteroatoms. The van der Waals surface area contributed by atoms with Gasteiger partial charge in [0.05, 0.1) is 12.8 Å². The van der Waals surface area contributed by atoms with Gasteiger partial charge in [-0.05, 0) is 37.1 Å². The minimum atomic E-state index is -0.100. The molecule has 5 nitrogen and oxygen atoms in total. The first-order chi connectivity index (χ1) is 10.6. The van der Waals surface area contributed by atoms with Crippen molar-refractivity contribution in [1.29, 1.82) is 0 Å². The molecule has 0 aliphatic heterocycles. The van der Waals surface area contributed by atoms with Gasteiger partial charge in [-0.2, -0.15) is 0 Å². The number of hydrogen-bond donors (Lipinski definition) is 2. The van der Waals surface area contributed by atoms with Crippen LogP contribution in [-0.4, -0.2) is 23.4 Å². The number of rotatable bonds is 6. The maximum Gasteiger partial charge on any atom is 0.255 e. The summed E-state index contributed by atoms with van der Waals surface area (Å²) >= 11 is 0. The van der Waals surface area contributed by atoms with Crippen molar-refractivity contribution in [3.05, 3.63) is 51.8 Å². The van der Waals surface area contributed by atoms with E-state index in [1.165, 1.54) is 0 Å². The van der Waals surface area contributed by atoms with Gasteiger partial charge in [-0.15, -0.1) is 0 Å². The number of hydrogen-bond acceptors (Lipinski definition) is 4. The Balaban J connectivity index is 2.71. The molecule has 0 saturated carbocycles. The van der Waals surface area contributed by atoms with Gasteiger partial charge in [0, 0.05) is 30.8 Å². The Labute approximate surface area is 130 Å². The number of nitrogens with two attached hydrogens (primary N) is 1. The molecule has 1 aromatic heterocycles. The topological polar surface area (TPSA) is 77.5 Å². The van der Waals surface area contributed by atoms with Gasteiger partial charge >= 0.3 is 0 Å². The van der Waals surface area contributed by atoms with Crippen molar-refractivity contribution < 1.29 is 9.84 Å². The van der Waals surface area contributed by atoms with Gasteiger partial charge in [-0.25, -0.2) is 0 Å². The van der Waals surface area contributed by atoms with Crippen LogP contribution in [0, 0.1) is 6.92 Å². The molecule has 0 bridgehead atoms. The van der Waals surface area contributed by atoms with Crippen LogP contribution in [0.15, 0.2) is 35.1 Å². The Bertz CT molecular complexity index is 708. The average molecular weight is 302 g/mol. The van der Waals surface area contributed by atoms with Gasteiger partial charge in [-0.1, -0.05) is 12.1 Å². The van der Waals surface area contributed by atoms with Gasteiger partial charge in [0.25, 0.3) is 5.56 Å². The summed E-state index contributed by atoms with van der Waals surface area (Å²) in [6, 6.07) is 9.54. The van der Waals surface area contributed by atoms with E-state index in [2.05, 4.69) is 0 Å². The fourth-order valence-electron chi connectivity index (χ4n) is 2.59. The number of aromatic nitrogens is 1. The third-order valence-corrected chi connectivity index (χ3v) is 3.75. The quantitative estimate of drug-likeness (QED) is 0.851. The van der Waals surface area contributed by atoms with E-state index in [0.29, 0.717) is 24.3 Å². The largest absolute Gasteiger partial charge is 0.496 e. The molecule has 0 atom stereocenters. The van der Waals surface area contributed by atoms with E-state index in [1.807, 2.05) is 37.3 Å². The van der Waals surface area contributed by atoms with E-state index in [9.17, 15) is 4.79 Å². The standard InChI is InChI=1S/C17H22N2O3/c1-12-10-15(13-6-3-4-7-16(13)22-2)19(8-5-9-20)17(21)14(12)11-18/h3-4,6-7,10,20H,5,8-9,11,18H2,1-2H3. The van der Waals surface area contributed by atoms with E-state index in [0.717, 1.165) is 16.8 Å². The van der Waals surface area contributed by atoms with Crippen molar-refractivity contribution in [1.82, 2.24) is 4.57 Å². The summed E-state index contributed by atoms with van der Waals surface area (Å²) in [6.45, 7) is 2.56. The molecule has 22 heavy (non-hydrogen) atoms. The lowest BCUT2D eigenvalue weighted by Crippen LogP contribution is -2.28. The van der Waals surface area contributed by atoms with Crippen molar-refractivity contribution in [3.8, 4) is 17.0 Å². The maximum absolute atomic E-state index is 12.7. The van der Waals surface area contributed by atoms with Crippen molar-refractivity contribution in [2.24, 2.45) is 5.73 Å². The van der Waals surface area contributed by atoms with Crippen LogP contribution < -0.4 is 16.0 Å². The number of methoxy groups -OCH3 is 1. The molecule has 1 heterocycles. The Kier molecular flexibility index (Phi) is 5.35. The second-order valence-electron chi connectivity index (χ2n) is 5.13. The molecule has 2 rings (SSSR count). The van der Waals surface area contributed by atoms with Gasteiger partial charge < -0.3 is 20.1 Å². The van der Waals surface area contributed by atoms with Crippen molar-refractivity contribution >= 4 is 0 Å². The van der Waals surface area contributed by atoms with E-state index in [1.54, 1.807) is 11.7 Å².